The number of benzene rings is 1. The molecule has 2 amide bonds. The van der Waals surface area contributed by atoms with E-state index in [1.54, 1.807) is 26.0 Å². The first-order valence-corrected chi connectivity index (χ1v) is 9.89. The Kier molecular flexibility index (Phi) is 8.61. The molecule has 0 aliphatic carbocycles. The number of carbonyl (C=O) groups is 3. The number of hydrogen-bond donors (Lipinski definition) is 3. The van der Waals surface area contributed by atoms with E-state index in [-0.39, 0.29) is 18.4 Å². The number of anilines is 1. The van der Waals surface area contributed by atoms with Gasteiger partial charge < -0.3 is 25.1 Å². The van der Waals surface area contributed by atoms with Crippen molar-refractivity contribution in [3.63, 3.8) is 0 Å². The Hall–Kier alpha value is -3.13. The van der Waals surface area contributed by atoms with Gasteiger partial charge >= 0.3 is 5.97 Å². The topological polar surface area (TPSA) is 110 Å². The lowest BCUT2D eigenvalue weighted by Crippen LogP contribution is -2.24. The third-order valence-electron chi connectivity index (χ3n) is 4.56. The lowest BCUT2D eigenvalue weighted by molar-refractivity contribution is -0.116. The molecule has 0 saturated carbocycles. The van der Waals surface area contributed by atoms with Crippen LogP contribution < -0.4 is 10.6 Å². The van der Waals surface area contributed by atoms with Crippen LogP contribution in [0.1, 0.15) is 57.4 Å². The number of aryl methyl sites for hydroxylation is 1. The average Bonchev–Trinajstić information content (AvgIpc) is 3.01. The minimum atomic E-state index is -0.488. The predicted octanol–water partition coefficient (Wildman–Crippen LogP) is 3.10. The molecule has 3 N–H and O–H groups in total. The van der Waals surface area contributed by atoms with Gasteiger partial charge in [0.05, 0.1) is 12.2 Å². The van der Waals surface area contributed by atoms with Gasteiger partial charge in [-0.05, 0) is 43.5 Å². The van der Waals surface area contributed by atoms with Gasteiger partial charge in [-0.2, -0.15) is 0 Å². The molecule has 2 rings (SSSR count). The maximum atomic E-state index is 12.6. The highest BCUT2D eigenvalue weighted by Gasteiger charge is 2.22. The van der Waals surface area contributed by atoms with E-state index in [0.29, 0.717) is 42.1 Å². The molecule has 0 spiro atoms. The molecule has 0 saturated heterocycles. The zero-order chi connectivity index (χ0) is 22.1. The van der Waals surface area contributed by atoms with E-state index >= 15 is 0 Å². The number of aromatic nitrogens is 1. The molecule has 8 heteroatoms. The van der Waals surface area contributed by atoms with Crippen LogP contribution in [0.3, 0.4) is 0 Å². The van der Waals surface area contributed by atoms with Crippen molar-refractivity contribution < 1.29 is 23.9 Å². The smallest absolute Gasteiger partial charge is 0.340 e. The summed E-state index contributed by atoms with van der Waals surface area (Å²) >= 11 is 0. The second-order valence-electron chi connectivity index (χ2n) is 6.93. The van der Waals surface area contributed by atoms with Crippen molar-refractivity contribution >= 4 is 23.5 Å². The number of methoxy groups -OCH3 is 1. The van der Waals surface area contributed by atoms with Crippen LogP contribution in [0, 0.1) is 13.8 Å². The van der Waals surface area contributed by atoms with Crippen molar-refractivity contribution in [3.05, 3.63) is 52.3 Å². The van der Waals surface area contributed by atoms with Gasteiger partial charge in [0.15, 0.2) is 0 Å². The second kappa shape index (κ2) is 11.2. The van der Waals surface area contributed by atoms with Gasteiger partial charge in [0.1, 0.15) is 12.3 Å². The van der Waals surface area contributed by atoms with E-state index in [4.69, 9.17) is 9.47 Å². The lowest BCUT2D eigenvalue weighted by Gasteiger charge is -2.08. The first-order chi connectivity index (χ1) is 14.4. The molecule has 1 heterocycles. The molecule has 1 aromatic carbocycles. The number of aromatic amines is 1. The van der Waals surface area contributed by atoms with Crippen molar-refractivity contribution in [1.82, 2.24) is 10.3 Å². The molecule has 162 valence electrons. The summed E-state index contributed by atoms with van der Waals surface area (Å²) < 4.78 is 10.0. The van der Waals surface area contributed by atoms with Gasteiger partial charge in [0.2, 0.25) is 5.91 Å². The molecular weight excluding hydrogens is 386 g/mol. The van der Waals surface area contributed by atoms with Crippen LogP contribution in [-0.4, -0.2) is 43.1 Å². The van der Waals surface area contributed by atoms with E-state index in [9.17, 15) is 14.4 Å². The number of H-pyrrole nitrogens is 1. The predicted molar refractivity (Wildman–Crippen MR) is 114 cm³/mol. The Balaban J connectivity index is 1.97. The molecule has 30 heavy (non-hydrogen) atoms. The van der Waals surface area contributed by atoms with E-state index < -0.39 is 5.97 Å². The molecule has 0 aliphatic rings. The normalized spacial score (nSPS) is 10.5. The Bertz CT molecular complexity index is 887. The highest BCUT2D eigenvalue weighted by atomic mass is 16.6. The van der Waals surface area contributed by atoms with Crippen LogP contribution in [0.5, 0.6) is 0 Å². The molecule has 0 aliphatic heterocycles. The molecule has 0 unspecified atom stereocenters. The molecule has 1 aromatic heterocycles. The third kappa shape index (κ3) is 6.18. The van der Waals surface area contributed by atoms with E-state index in [2.05, 4.69) is 15.6 Å². The molecule has 0 atom stereocenters. The fourth-order valence-electron chi connectivity index (χ4n) is 3.00. The summed E-state index contributed by atoms with van der Waals surface area (Å²) in [5.74, 6) is -0.822. The van der Waals surface area contributed by atoms with Gasteiger partial charge in [-0.1, -0.05) is 19.1 Å². The molecule has 0 fully saturated rings. The fraction of sp³-hybridized carbons (Fsp3) is 0.409. The Morgan fingerprint density at radius 1 is 1.07 bits per heavy atom. The number of amides is 2. The Morgan fingerprint density at radius 3 is 2.40 bits per heavy atom. The number of rotatable bonds is 10. The summed E-state index contributed by atoms with van der Waals surface area (Å²) in [5.41, 5.74) is 3.42. The third-order valence-corrected chi connectivity index (χ3v) is 4.56. The van der Waals surface area contributed by atoms with E-state index in [0.717, 1.165) is 17.7 Å². The summed E-state index contributed by atoms with van der Waals surface area (Å²) in [7, 11) is 1.53. The van der Waals surface area contributed by atoms with Crippen molar-refractivity contribution in [2.45, 2.75) is 40.2 Å². The SMILES string of the molecule is CCCC(=O)Nc1ccc(CNC(=O)c2[nH]c(C)c(C(=O)OCCOC)c2C)cc1. The van der Waals surface area contributed by atoms with Gasteiger partial charge in [0.25, 0.3) is 5.91 Å². The second-order valence-corrected chi connectivity index (χ2v) is 6.93. The van der Waals surface area contributed by atoms with Crippen LogP contribution >= 0.6 is 0 Å². The van der Waals surface area contributed by atoms with Crippen LogP contribution in [-0.2, 0) is 20.8 Å². The summed E-state index contributed by atoms with van der Waals surface area (Å²) in [6, 6.07) is 7.28. The van der Waals surface area contributed by atoms with E-state index in [1.807, 2.05) is 19.1 Å². The minimum absolute atomic E-state index is 0.0207. The van der Waals surface area contributed by atoms with Gasteiger partial charge in [0, 0.05) is 31.5 Å². The zero-order valence-electron chi connectivity index (χ0n) is 17.9. The molecule has 8 nitrogen and oxygen atoms in total. The summed E-state index contributed by atoms with van der Waals surface area (Å²) in [5, 5.41) is 5.66. The van der Waals surface area contributed by atoms with Gasteiger partial charge in [-0.25, -0.2) is 4.79 Å². The standard InChI is InChI=1S/C22H29N3O5/c1-5-6-18(26)25-17-9-7-16(8-10-17)13-23-21(27)20-14(2)19(15(3)24-20)22(28)30-12-11-29-4/h7-10,24H,5-6,11-13H2,1-4H3,(H,23,27)(H,25,26). The summed E-state index contributed by atoms with van der Waals surface area (Å²) in [6.07, 6.45) is 1.27. The Morgan fingerprint density at radius 2 is 1.77 bits per heavy atom. The van der Waals surface area contributed by atoms with Crippen LogP contribution in [0.4, 0.5) is 5.69 Å². The monoisotopic (exact) mass is 415 g/mol. The number of esters is 1. The average molecular weight is 415 g/mol. The molecule has 0 bridgehead atoms. The molecular formula is C22H29N3O5. The Labute approximate surface area is 176 Å². The van der Waals surface area contributed by atoms with Crippen LogP contribution in [0.2, 0.25) is 0 Å². The van der Waals surface area contributed by atoms with Crippen molar-refractivity contribution in [2.75, 3.05) is 25.6 Å². The van der Waals surface area contributed by atoms with Crippen molar-refractivity contribution in [1.29, 1.82) is 0 Å². The lowest BCUT2D eigenvalue weighted by atomic mass is 10.1. The quantitative estimate of drug-likeness (QED) is 0.408. The van der Waals surface area contributed by atoms with E-state index in [1.165, 1.54) is 7.11 Å². The van der Waals surface area contributed by atoms with Crippen molar-refractivity contribution in [3.8, 4) is 0 Å². The minimum Gasteiger partial charge on any atom is -0.460 e. The van der Waals surface area contributed by atoms with Crippen LogP contribution in [0.15, 0.2) is 24.3 Å². The maximum absolute atomic E-state index is 12.6. The van der Waals surface area contributed by atoms with Gasteiger partial charge in [-0.3, -0.25) is 9.59 Å². The zero-order valence-corrected chi connectivity index (χ0v) is 17.9. The summed E-state index contributed by atoms with van der Waals surface area (Å²) in [6.45, 7) is 6.15. The highest BCUT2D eigenvalue weighted by molar-refractivity contribution is 6.00. The molecule has 0 radical (unpaired) electrons. The first-order valence-electron chi connectivity index (χ1n) is 9.89. The summed E-state index contributed by atoms with van der Waals surface area (Å²) in [4.78, 5) is 39.5. The molecule has 2 aromatic rings. The van der Waals surface area contributed by atoms with Gasteiger partial charge in [-0.15, -0.1) is 0 Å². The maximum Gasteiger partial charge on any atom is 0.340 e. The number of carbonyl (C=O) groups excluding carboxylic acids is 3. The number of hydrogen-bond acceptors (Lipinski definition) is 5. The number of ether oxygens (including phenoxy) is 2. The largest absolute Gasteiger partial charge is 0.460 e. The number of nitrogens with one attached hydrogen (secondary N) is 3. The van der Waals surface area contributed by atoms with Crippen LogP contribution in [0.25, 0.3) is 0 Å². The highest BCUT2D eigenvalue weighted by Crippen LogP contribution is 2.19. The first kappa shape index (κ1) is 23.2. The fourth-order valence-corrected chi connectivity index (χ4v) is 3.00. The van der Waals surface area contributed by atoms with Crippen molar-refractivity contribution in [2.24, 2.45) is 0 Å².